The predicted octanol–water partition coefficient (Wildman–Crippen LogP) is 1.49. The van der Waals surface area contributed by atoms with Crippen molar-refractivity contribution in [3.63, 3.8) is 0 Å². The van der Waals surface area contributed by atoms with Crippen molar-refractivity contribution in [3.8, 4) is 0 Å². The number of halogens is 2. The van der Waals surface area contributed by atoms with Crippen molar-refractivity contribution < 1.29 is 14.7 Å². The van der Waals surface area contributed by atoms with E-state index in [-0.39, 0.29) is 22.4 Å². The molecule has 0 spiro atoms. The van der Waals surface area contributed by atoms with Gasteiger partial charge in [-0.1, -0.05) is 23.2 Å². The number of aliphatic carboxylic acids is 1. The molecule has 0 atom stereocenters. The average Bonchev–Trinajstić information content (AvgIpc) is 2.44. The van der Waals surface area contributed by atoms with Crippen LogP contribution in [-0.2, 0) is 11.8 Å². The second-order valence-corrected chi connectivity index (χ2v) is 4.05. The first-order valence-electron chi connectivity index (χ1n) is 4.32. The molecule has 0 aliphatic heterocycles. The Balaban J connectivity index is 2.96. The molecule has 5 nitrogen and oxygen atoms in total. The molecule has 0 aliphatic carbocycles. The highest BCUT2D eigenvalue weighted by Gasteiger charge is 2.20. The number of rotatable bonds is 3. The maximum atomic E-state index is 11.8. The lowest BCUT2D eigenvalue weighted by atomic mass is 10.3. The smallest absolute Gasteiger partial charge is 0.323 e. The van der Waals surface area contributed by atoms with E-state index < -0.39 is 11.9 Å². The molecule has 1 N–H and O–H groups in total. The minimum Gasteiger partial charge on any atom is -0.480 e. The van der Waals surface area contributed by atoms with Gasteiger partial charge in [-0.2, -0.15) is 0 Å². The normalized spacial score (nSPS) is 10.2. The third-order valence-corrected chi connectivity index (χ3v) is 2.90. The molecule has 0 unspecified atom stereocenters. The van der Waals surface area contributed by atoms with Crippen LogP contribution in [0.1, 0.15) is 10.5 Å². The molecule has 16 heavy (non-hydrogen) atoms. The van der Waals surface area contributed by atoms with E-state index in [1.807, 2.05) is 0 Å². The van der Waals surface area contributed by atoms with Crippen LogP contribution >= 0.6 is 23.2 Å². The lowest BCUT2D eigenvalue weighted by molar-refractivity contribution is -0.137. The number of hydrogen-bond acceptors (Lipinski definition) is 2. The van der Waals surface area contributed by atoms with Crippen molar-refractivity contribution >= 4 is 35.1 Å². The first kappa shape index (κ1) is 12.9. The van der Waals surface area contributed by atoms with Gasteiger partial charge in [-0.15, -0.1) is 0 Å². The van der Waals surface area contributed by atoms with E-state index in [1.165, 1.54) is 17.7 Å². The van der Waals surface area contributed by atoms with Gasteiger partial charge in [0.15, 0.2) is 0 Å². The van der Waals surface area contributed by atoms with E-state index in [1.54, 1.807) is 7.05 Å². The molecule has 0 bridgehead atoms. The van der Waals surface area contributed by atoms with Crippen LogP contribution in [0.2, 0.25) is 10.2 Å². The number of amides is 1. The summed E-state index contributed by atoms with van der Waals surface area (Å²) >= 11 is 11.5. The molecular weight excluding hydrogens is 255 g/mol. The van der Waals surface area contributed by atoms with Gasteiger partial charge in [0.1, 0.15) is 17.4 Å². The van der Waals surface area contributed by atoms with Gasteiger partial charge in [-0.3, -0.25) is 9.59 Å². The largest absolute Gasteiger partial charge is 0.480 e. The number of nitrogens with zero attached hydrogens (tertiary/aromatic N) is 2. The fourth-order valence-electron chi connectivity index (χ4n) is 1.22. The summed E-state index contributed by atoms with van der Waals surface area (Å²) in [5.41, 5.74) is 0.249. The highest BCUT2D eigenvalue weighted by atomic mass is 35.5. The predicted molar refractivity (Wildman–Crippen MR) is 60.0 cm³/mol. The number of likely N-dealkylation sites (N-methyl/N-ethyl adjacent to an activating group) is 1. The Morgan fingerprint density at radius 3 is 2.44 bits per heavy atom. The van der Waals surface area contributed by atoms with Gasteiger partial charge in [0, 0.05) is 14.1 Å². The molecule has 0 aromatic carbocycles. The van der Waals surface area contributed by atoms with Gasteiger partial charge in [-0.25, -0.2) is 0 Å². The number of carbonyl (C=O) groups excluding carboxylic acids is 1. The van der Waals surface area contributed by atoms with Gasteiger partial charge in [0.25, 0.3) is 5.91 Å². The van der Waals surface area contributed by atoms with Crippen molar-refractivity contribution in [2.24, 2.45) is 7.05 Å². The summed E-state index contributed by atoms with van der Waals surface area (Å²) in [4.78, 5) is 23.3. The number of carboxylic acids is 1. The van der Waals surface area contributed by atoms with Crippen LogP contribution in [0, 0.1) is 0 Å². The molecule has 88 valence electrons. The molecule has 0 fully saturated rings. The van der Waals surface area contributed by atoms with Crippen LogP contribution in [0.3, 0.4) is 0 Å². The Labute approximate surface area is 102 Å². The molecule has 1 heterocycles. The Bertz CT molecular complexity index is 442. The fraction of sp³-hybridized carbons (Fsp3) is 0.333. The molecule has 0 radical (unpaired) electrons. The maximum absolute atomic E-state index is 11.8. The first-order valence-corrected chi connectivity index (χ1v) is 5.08. The van der Waals surface area contributed by atoms with E-state index in [4.69, 9.17) is 28.3 Å². The maximum Gasteiger partial charge on any atom is 0.323 e. The average molecular weight is 265 g/mol. The van der Waals surface area contributed by atoms with Crippen LogP contribution in [-0.4, -0.2) is 40.0 Å². The summed E-state index contributed by atoms with van der Waals surface area (Å²) < 4.78 is 1.41. The molecule has 0 saturated carbocycles. The third-order valence-electron chi connectivity index (χ3n) is 2.05. The molecule has 7 heteroatoms. The highest BCUT2D eigenvalue weighted by Crippen LogP contribution is 2.25. The van der Waals surface area contributed by atoms with Gasteiger partial charge in [-0.05, 0) is 6.07 Å². The van der Waals surface area contributed by atoms with E-state index >= 15 is 0 Å². The van der Waals surface area contributed by atoms with Crippen molar-refractivity contribution in [2.75, 3.05) is 13.6 Å². The van der Waals surface area contributed by atoms with Crippen molar-refractivity contribution in [1.29, 1.82) is 0 Å². The summed E-state index contributed by atoms with van der Waals surface area (Å²) in [5.74, 6) is -1.53. The Morgan fingerprint density at radius 1 is 1.50 bits per heavy atom. The zero-order chi connectivity index (χ0) is 12.5. The molecule has 1 aromatic rings. The quantitative estimate of drug-likeness (QED) is 0.900. The van der Waals surface area contributed by atoms with Crippen molar-refractivity contribution in [1.82, 2.24) is 9.47 Å². The summed E-state index contributed by atoms with van der Waals surface area (Å²) in [5, 5.41) is 9.06. The summed E-state index contributed by atoms with van der Waals surface area (Å²) in [6, 6.07) is 1.41. The van der Waals surface area contributed by atoms with Gasteiger partial charge >= 0.3 is 5.97 Å². The molecule has 1 rings (SSSR count). The Morgan fingerprint density at radius 2 is 2.06 bits per heavy atom. The first-order chi connectivity index (χ1) is 7.34. The van der Waals surface area contributed by atoms with Gasteiger partial charge in [0.2, 0.25) is 0 Å². The summed E-state index contributed by atoms with van der Waals surface area (Å²) in [7, 11) is 2.97. The fourth-order valence-corrected chi connectivity index (χ4v) is 1.59. The minimum absolute atomic E-state index is 0.244. The zero-order valence-corrected chi connectivity index (χ0v) is 10.2. The SMILES string of the molecule is CN(CC(=O)O)C(=O)c1cc(Cl)c(Cl)n1C. The second kappa shape index (κ2) is 4.76. The van der Waals surface area contributed by atoms with E-state index in [0.717, 1.165) is 4.90 Å². The van der Waals surface area contributed by atoms with Crippen molar-refractivity contribution in [3.05, 3.63) is 21.9 Å². The van der Waals surface area contributed by atoms with E-state index in [9.17, 15) is 9.59 Å². The number of carboxylic acid groups (broad SMARTS) is 1. The second-order valence-electron chi connectivity index (χ2n) is 3.28. The molecular formula is C9H10Cl2N2O3. The van der Waals surface area contributed by atoms with E-state index in [0.29, 0.717) is 0 Å². The summed E-state index contributed by atoms with van der Waals surface area (Å²) in [6.07, 6.45) is 0. The van der Waals surface area contributed by atoms with Crippen LogP contribution in [0.4, 0.5) is 0 Å². The van der Waals surface area contributed by atoms with Crippen LogP contribution in [0.5, 0.6) is 0 Å². The monoisotopic (exact) mass is 264 g/mol. The van der Waals surface area contributed by atoms with E-state index in [2.05, 4.69) is 0 Å². The minimum atomic E-state index is -1.08. The van der Waals surface area contributed by atoms with Gasteiger partial charge in [0.05, 0.1) is 5.02 Å². The summed E-state index contributed by atoms with van der Waals surface area (Å²) in [6.45, 7) is -0.376. The number of hydrogen-bond donors (Lipinski definition) is 1. The van der Waals surface area contributed by atoms with Crippen LogP contribution in [0.25, 0.3) is 0 Å². The zero-order valence-electron chi connectivity index (χ0n) is 8.70. The van der Waals surface area contributed by atoms with Gasteiger partial charge < -0.3 is 14.6 Å². The Hall–Kier alpha value is -1.20. The standard InChI is InChI=1S/C9H10Cl2N2O3/c1-12(4-7(14)15)9(16)6-3-5(10)8(11)13(6)2/h3H,4H2,1-2H3,(H,14,15). The van der Waals surface area contributed by atoms with Crippen LogP contribution in [0.15, 0.2) is 6.07 Å². The highest BCUT2D eigenvalue weighted by molar-refractivity contribution is 6.41. The molecule has 0 aliphatic rings. The Kier molecular flexibility index (Phi) is 3.83. The lowest BCUT2D eigenvalue weighted by Gasteiger charge is -2.14. The van der Waals surface area contributed by atoms with Crippen LogP contribution < -0.4 is 0 Å². The van der Waals surface area contributed by atoms with Crippen molar-refractivity contribution in [2.45, 2.75) is 0 Å². The third kappa shape index (κ3) is 2.48. The molecule has 0 saturated heterocycles. The topological polar surface area (TPSA) is 62.5 Å². The number of carbonyl (C=O) groups is 2. The number of aromatic nitrogens is 1. The molecule has 1 aromatic heterocycles. The lowest BCUT2D eigenvalue weighted by Crippen LogP contribution is -2.33. The molecule has 1 amide bonds.